The van der Waals surface area contributed by atoms with Gasteiger partial charge in [0.1, 0.15) is 0 Å². The summed E-state index contributed by atoms with van der Waals surface area (Å²) in [7, 11) is 0. The minimum Gasteiger partial charge on any atom is -0.294 e. The number of carbonyl (C=O) groups is 1. The molecule has 0 amide bonds. The van der Waals surface area contributed by atoms with Crippen molar-refractivity contribution in [2.75, 3.05) is 0 Å². The summed E-state index contributed by atoms with van der Waals surface area (Å²) in [6.07, 6.45) is 5.83. The maximum Gasteiger partial charge on any atom is 0.164 e. The molecule has 0 aliphatic heterocycles. The Bertz CT molecular complexity index is 520. The number of aromatic nitrogens is 1. The van der Waals surface area contributed by atoms with Gasteiger partial charge in [-0.3, -0.25) is 9.78 Å². The van der Waals surface area contributed by atoms with Gasteiger partial charge in [0.2, 0.25) is 0 Å². The summed E-state index contributed by atoms with van der Waals surface area (Å²) in [4.78, 5) is 16.0. The number of hydrogen-bond donors (Lipinski definition) is 0. The van der Waals surface area contributed by atoms with Gasteiger partial charge in [0.05, 0.1) is 0 Å². The molecular weight excluding hydrogens is 222 g/mol. The molecule has 0 aliphatic carbocycles. The summed E-state index contributed by atoms with van der Waals surface area (Å²) >= 11 is 0. The maximum atomic E-state index is 11.9. The lowest BCUT2D eigenvalue weighted by molar-refractivity contribution is 0.0980. The second-order valence-corrected chi connectivity index (χ2v) is 4.51. The van der Waals surface area contributed by atoms with Crippen LogP contribution in [0.2, 0.25) is 0 Å². The molecule has 0 saturated carbocycles. The molecule has 2 nitrogen and oxygen atoms in total. The van der Waals surface area contributed by atoms with E-state index in [1.807, 2.05) is 31.2 Å². The number of carbonyl (C=O) groups excluding carboxylic acids is 1. The summed E-state index contributed by atoms with van der Waals surface area (Å²) in [6, 6.07) is 12.2. The summed E-state index contributed by atoms with van der Waals surface area (Å²) in [5, 5.41) is 0. The molecule has 1 heterocycles. The molecule has 1 aromatic heterocycles. The smallest absolute Gasteiger partial charge is 0.164 e. The van der Waals surface area contributed by atoms with Crippen LogP contribution >= 0.6 is 0 Å². The zero-order chi connectivity index (χ0) is 12.8. The van der Waals surface area contributed by atoms with Crippen molar-refractivity contribution in [1.82, 2.24) is 4.98 Å². The van der Waals surface area contributed by atoms with E-state index in [2.05, 4.69) is 17.1 Å². The van der Waals surface area contributed by atoms with Crippen molar-refractivity contribution < 1.29 is 4.79 Å². The normalized spacial score (nSPS) is 10.3. The fraction of sp³-hybridized carbons (Fsp3) is 0.250. The monoisotopic (exact) mass is 239 g/mol. The van der Waals surface area contributed by atoms with Gasteiger partial charge in [-0.1, -0.05) is 30.3 Å². The summed E-state index contributed by atoms with van der Waals surface area (Å²) in [6.45, 7) is 1.95. The van der Waals surface area contributed by atoms with Crippen molar-refractivity contribution in [3.05, 3.63) is 65.5 Å². The standard InChI is InChI=1S/C16H17NO/c1-13-10-15(12-17-11-13)16(18)9-5-8-14-6-3-2-4-7-14/h2-4,6-7,10-12H,5,8-9H2,1H3. The Labute approximate surface area is 108 Å². The average molecular weight is 239 g/mol. The van der Waals surface area contributed by atoms with E-state index in [9.17, 15) is 4.79 Å². The fourth-order valence-corrected chi connectivity index (χ4v) is 1.95. The average Bonchev–Trinajstić information content (AvgIpc) is 2.40. The van der Waals surface area contributed by atoms with Crippen LogP contribution < -0.4 is 0 Å². The molecular formula is C16H17NO. The lowest BCUT2D eigenvalue weighted by Crippen LogP contribution is -2.01. The van der Waals surface area contributed by atoms with Gasteiger partial charge in [0, 0.05) is 24.4 Å². The van der Waals surface area contributed by atoms with Crippen LogP contribution in [0.1, 0.15) is 34.3 Å². The van der Waals surface area contributed by atoms with Crippen molar-refractivity contribution in [3.8, 4) is 0 Å². The molecule has 92 valence electrons. The van der Waals surface area contributed by atoms with Gasteiger partial charge in [0.15, 0.2) is 5.78 Å². The quantitative estimate of drug-likeness (QED) is 0.746. The van der Waals surface area contributed by atoms with Crippen molar-refractivity contribution >= 4 is 5.78 Å². The van der Waals surface area contributed by atoms with Gasteiger partial charge in [0.25, 0.3) is 0 Å². The summed E-state index contributed by atoms with van der Waals surface area (Å²) in [5.74, 6) is 0.183. The van der Waals surface area contributed by atoms with Gasteiger partial charge in [-0.05, 0) is 37.0 Å². The van der Waals surface area contributed by atoms with Crippen molar-refractivity contribution in [3.63, 3.8) is 0 Å². The topological polar surface area (TPSA) is 30.0 Å². The molecule has 0 radical (unpaired) electrons. The lowest BCUT2D eigenvalue weighted by atomic mass is 10.0. The Balaban J connectivity index is 1.86. The summed E-state index contributed by atoms with van der Waals surface area (Å²) in [5.41, 5.74) is 3.04. The van der Waals surface area contributed by atoms with Crippen LogP contribution in [0.15, 0.2) is 48.8 Å². The molecule has 18 heavy (non-hydrogen) atoms. The van der Waals surface area contributed by atoms with Crippen LogP contribution in [0.3, 0.4) is 0 Å². The fourth-order valence-electron chi connectivity index (χ4n) is 1.95. The molecule has 0 fully saturated rings. The Morgan fingerprint density at radius 1 is 1.17 bits per heavy atom. The zero-order valence-corrected chi connectivity index (χ0v) is 10.6. The van der Waals surface area contributed by atoms with E-state index in [4.69, 9.17) is 0 Å². The van der Waals surface area contributed by atoms with E-state index in [0.717, 1.165) is 24.0 Å². The Hall–Kier alpha value is -1.96. The third-order valence-electron chi connectivity index (χ3n) is 2.91. The second kappa shape index (κ2) is 6.10. The van der Waals surface area contributed by atoms with Crippen LogP contribution in [-0.4, -0.2) is 10.8 Å². The first-order chi connectivity index (χ1) is 8.75. The lowest BCUT2D eigenvalue weighted by Gasteiger charge is -2.02. The van der Waals surface area contributed by atoms with E-state index in [-0.39, 0.29) is 5.78 Å². The van der Waals surface area contributed by atoms with Crippen LogP contribution in [-0.2, 0) is 6.42 Å². The molecule has 0 unspecified atom stereocenters. The highest BCUT2D eigenvalue weighted by molar-refractivity contribution is 5.95. The molecule has 0 spiro atoms. The first kappa shape index (κ1) is 12.5. The van der Waals surface area contributed by atoms with Gasteiger partial charge in [-0.15, -0.1) is 0 Å². The van der Waals surface area contributed by atoms with Gasteiger partial charge in [-0.2, -0.15) is 0 Å². The van der Waals surface area contributed by atoms with Crippen LogP contribution in [0.25, 0.3) is 0 Å². The number of aryl methyl sites for hydroxylation is 2. The number of ketones is 1. The van der Waals surface area contributed by atoms with E-state index >= 15 is 0 Å². The molecule has 2 aromatic rings. The highest BCUT2D eigenvalue weighted by Gasteiger charge is 2.06. The zero-order valence-electron chi connectivity index (χ0n) is 10.6. The Morgan fingerprint density at radius 2 is 1.94 bits per heavy atom. The number of pyridine rings is 1. The van der Waals surface area contributed by atoms with E-state index in [0.29, 0.717) is 6.42 Å². The molecule has 0 saturated heterocycles. The molecule has 2 rings (SSSR count). The van der Waals surface area contributed by atoms with Crippen LogP contribution in [0, 0.1) is 6.92 Å². The second-order valence-electron chi connectivity index (χ2n) is 4.51. The predicted molar refractivity (Wildman–Crippen MR) is 72.7 cm³/mol. The molecule has 0 atom stereocenters. The van der Waals surface area contributed by atoms with Gasteiger partial charge < -0.3 is 0 Å². The molecule has 1 aromatic carbocycles. The number of rotatable bonds is 5. The number of benzene rings is 1. The van der Waals surface area contributed by atoms with Crippen molar-refractivity contribution in [1.29, 1.82) is 0 Å². The largest absolute Gasteiger partial charge is 0.294 e. The Morgan fingerprint density at radius 3 is 2.67 bits per heavy atom. The molecule has 2 heteroatoms. The van der Waals surface area contributed by atoms with E-state index in [1.165, 1.54) is 5.56 Å². The highest BCUT2D eigenvalue weighted by Crippen LogP contribution is 2.09. The van der Waals surface area contributed by atoms with Crippen molar-refractivity contribution in [2.45, 2.75) is 26.2 Å². The molecule has 0 N–H and O–H groups in total. The highest BCUT2D eigenvalue weighted by atomic mass is 16.1. The minimum absolute atomic E-state index is 0.183. The molecule has 0 aliphatic rings. The molecule has 0 bridgehead atoms. The third-order valence-corrected chi connectivity index (χ3v) is 2.91. The van der Waals surface area contributed by atoms with Crippen molar-refractivity contribution in [2.24, 2.45) is 0 Å². The maximum absolute atomic E-state index is 11.9. The first-order valence-corrected chi connectivity index (χ1v) is 6.24. The minimum atomic E-state index is 0.183. The SMILES string of the molecule is Cc1cncc(C(=O)CCCc2ccccc2)c1. The summed E-state index contributed by atoms with van der Waals surface area (Å²) < 4.78 is 0. The van der Waals surface area contributed by atoms with Gasteiger partial charge in [-0.25, -0.2) is 0 Å². The first-order valence-electron chi connectivity index (χ1n) is 6.24. The van der Waals surface area contributed by atoms with Crippen LogP contribution in [0.4, 0.5) is 0 Å². The third kappa shape index (κ3) is 3.52. The van der Waals surface area contributed by atoms with E-state index < -0.39 is 0 Å². The predicted octanol–water partition coefficient (Wildman–Crippen LogP) is 3.60. The van der Waals surface area contributed by atoms with E-state index in [1.54, 1.807) is 12.4 Å². The Kier molecular flexibility index (Phi) is 4.24. The number of Topliss-reactive ketones (excluding diaryl/α,β-unsaturated/α-hetero) is 1. The number of hydrogen-bond acceptors (Lipinski definition) is 2. The van der Waals surface area contributed by atoms with Crippen LogP contribution in [0.5, 0.6) is 0 Å². The number of nitrogens with zero attached hydrogens (tertiary/aromatic N) is 1. The van der Waals surface area contributed by atoms with Gasteiger partial charge >= 0.3 is 0 Å².